The van der Waals surface area contributed by atoms with Crippen LogP contribution in [0.2, 0.25) is 0 Å². The molecular formula is C12H17N5O6. The molecule has 1 rings (SSSR count). The van der Waals surface area contributed by atoms with Gasteiger partial charge < -0.3 is 0 Å². The summed E-state index contributed by atoms with van der Waals surface area (Å²) >= 11 is 0. The first-order valence-electron chi connectivity index (χ1n) is 6.91. The molecule has 0 N–H and O–H groups in total. The number of hydrogen-bond donors (Lipinski definition) is 0. The minimum atomic E-state index is -1.08. The van der Waals surface area contributed by atoms with Gasteiger partial charge in [0.15, 0.2) is 10.2 Å². The molecular weight excluding hydrogens is 310 g/mol. The topological polar surface area (TPSA) is 136 Å². The summed E-state index contributed by atoms with van der Waals surface area (Å²) in [7, 11) is 0. The largest absolute Gasteiger partial charge is 0.235 e. The molecule has 0 fully saturated rings. The monoisotopic (exact) mass is 327 g/mol. The third kappa shape index (κ3) is 6.54. The molecule has 11 nitrogen and oxygen atoms in total. The zero-order valence-corrected chi connectivity index (χ0v) is 12.3. The van der Waals surface area contributed by atoms with Crippen molar-refractivity contribution in [1.29, 1.82) is 0 Å². The molecule has 0 saturated carbocycles. The van der Waals surface area contributed by atoms with Gasteiger partial charge in [-0.2, -0.15) is 0 Å². The Morgan fingerprint density at radius 3 is 1.87 bits per heavy atom. The third-order valence-corrected chi connectivity index (χ3v) is 3.09. The highest BCUT2D eigenvalue weighted by Gasteiger charge is 2.25. The van der Waals surface area contributed by atoms with Gasteiger partial charge >= 0.3 is 0 Å². The molecule has 0 aliphatic heterocycles. The maximum atomic E-state index is 11.0. The Labute approximate surface area is 131 Å². The number of nitrogens with zero attached hydrogens (tertiary/aromatic N) is 5. The van der Waals surface area contributed by atoms with Crippen LogP contribution in [0.15, 0.2) is 30.3 Å². The van der Waals surface area contributed by atoms with E-state index in [9.17, 15) is 30.3 Å². The summed E-state index contributed by atoms with van der Waals surface area (Å²) in [6.45, 7) is -0.0142. The summed E-state index contributed by atoms with van der Waals surface area (Å²) in [4.78, 5) is 31.8. The zero-order chi connectivity index (χ0) is 17.2. The molecule has 126 valence electrons. The summed E-state index contributed by atoms with van der Waals surface area (Å²) in [5.41, 5.74) is 0.803. The quantitative estimate of drug-likeness (QED) is 0.339. The van der Waals surface area contributed by atoms with Crippen LogP contribution in [0.25, 0.3) is 0 Å². The van der Waals surface area contributed by atoms with Gasteiger partial charge in [-0.15, -0.1) is 5.01 Å². The first-order valence-corrected chi connectivity index (χ1v) is 6.91. The van der Waals surface area contributed by atoms with Crippen LogP contribution in [0.1, 0.15) is 24.8 Å². The van der Waals surface area contributed by atoms with Crippen molar-refractivity contribution in [2.45, 2.75) is 25.8 Å². The fourth-order valence-corrected chi connectivity index (χ4v) is 1.96. The molecule has 0 aliphatic carbocycles. The van der Waals surface area contributed by atoms with E-state index in [1.807, 2.05) is 6.07 Å². The Bertz CT molecular complexity index is 526. The Kier molecular flexibility index (Phi) is 7.17. The van der Waals surface area contributed by atoms with Crippen molar-refractivity contribution in [2.75, 3.05) is 13.1 Å². The average Bonchev–Trinajstić information content (AvgIpc) is 2.49. The lowest BCUT2D eigenvalue weighted by atomic mass is 10.2. The second-order valence-electron chi connectivity index (χ2n) is 4.74. The summed E-state index contributed by atoms with van der Waals surface area (Å²) in [5, 5.41) is 30.1. The standard InChI is InChI=1S/C12H17N5O6/c18-15(19)13(11-12-7-3-1-4-8-12)9-5-2-6-10-14(16(20)21)17(22)23/h1,3-4,7-8H,2,5-6,9-11H2. The predicted molar refractivity (Wildman–Crippen MR) is 78.4 cm³/mol. The molecule has 0 saturated heterocycles. The molecule has 0 radical (unpaired) electrons. The molecule has 11 heteroatoms. The van der Waals surface area contributed by atoms with Crippen molar-refractivity contribution in [1.82, 2.24) is 10.1 Å². The van der Waals surface area contributed by atoms with Crippen molar-refractivity contribution >= 4 is 0 Å². The third-order valence-electron chi connectivity index (χ3n) is 3.09. The van der Waals surface area contributed by atoms with Crippen LogP contribution in [0.3, 0.4) is 0 Å². The van der Waals surface area contributed by atoms with Crippen LogP contribution < -0.4 is 0 Å². The smallest absolute Gasteiger partial charge is 0.222 e. The predicted octanol–water partition coefficient (Wildman–Crippen LogP) is 1.54. The van der Waals surface area contributed by atoms with Crippen LogP contribution in [0.5, 0.6) is 0 Å². The average molecular weight is 327 g/mol. The molecule has 0 amide bonds. The van der Waals surface area contributed by atoms with E-state index >= 15 is 0 Å². The van der Waals surface area contributed by atoms with Crippen LogP contribution >= 0.6 is 0 Å². The van der Waals surface area contributed by atoms with Gasteiger partial charge in [0.05, 0.1) is 6.54 Å². The minimum absolute atomic E-state index is 0.0881. The summed E-state index contributed by atoms with van der Waals surface area (Å²) in [6.07, 6.45) is 1.03. The molecule has 0 atom stereocenters. The minimum Gasteiger partial charge on any atom is -0.235 e. The van der Waals surface area contributed by atoms with Gasteiger partial charge in [0.25, 0.3) is 0 Å². The highest BCUT2D eigenvalue weighted by Crippen LogP contribution is 2.07. The van der Waals surface area contributed by atoms with Gasteiger partial charge in [0.2, 0.25) is 10.1 Å². The lowest BCUT2D eigenvalue weighted by Gasteiger charge is -2.14. The van der Waals surface area contributed by atoms with E-state index < -0.39 is 15.1 Å². The van der Waals surface area contributed by atoms with Gasteiger partial charge in [-0.1, -0.05) is 30.3 Å². The number of benzene rings is 1. The molecule has 0 aromatic heterocycles. The van der Waals surface area contributed by atoms with E-state index in [-0.39, 0.29) is 31.2 Å². The molecule has 23 heavy (non-hydrogen) atoms. The van der Waals surface area contributed by atoms with Gasteiger partial charge in [0, 0.05) is 0 Å². The molecule has 1 aromatic rings. The van der Waals surface area contributed by atoms with Crippen LogP contribution in [-0.4, -0.2) is 38.3 Å². The fourth-order valence-electron chi connectivity index (χ4n) is 1.96. The maximum absolute atomic E-state index is 11.0. The molecule has 0 bridgehead atoms. The number of rotatable bonds is 11. The molecule has 1 aromatic carbocycles. The van der Waals surface area contributed by atoms with E-state index in [0.717, 1.165) is 10.6 Å². The highest BCUT2D eigenvalue weighted by atomic mass is 16.8. The second kappa shape index (κ2) is 9.12. The number of hydrazine groups is 3. The summed E-state index contributed by atoms with van der Waals surface area (Å²) < 4.78 is 0. The van der Waals surface area contributed by atoms with E-state index in [0.29, 0.717) is 12.8 Å². The number of unbranched alkanes of at least 4 members (excludes halogenated alkanes) is 2. The highest BCUT2D eigenvalue weighted by molar-refractivity contribution is 5.14. The second-order valence-corrected chi connectivity index (χ2v) is 4.74. The van der Waals surface area contributed by atoms with Crippen molar-refractivity contribution in [3.8, 4) is 0 Å². The normalized spacial score (nSPS) is 10.1. The first kappa shape index (κ1) is 18.1. The molecule has 0 aliphatic rings. The first-order chi connectivity index (χ1) is 10.9. The molecule has 0 spiro atoms. The van der Waals surface area contributed by atoms with Crippen molar-refractivity contribution in [2.24, 2.45) is 0 Å². The Morgan fingerprint density at radius 1 is 0.783 bits per heavy atom. The van der Waals surface area contributed by atoms with E-state index in [2.05, 4.69) is 0 Å². The van der Waals surface area contributed by atoms with E-state index in [4.69, 9.17) is 0 Å². The van der Waals surface area contributed by atoms with Gasteiger partial charge in [-0.05, 0) is 24.8 Å². The van der Waals surface area contributed by atoms with Crippen molar-refractivity contribution < 1.29 is 15.1 Å². The molecule has 0 unspecified atom stereocenters. The van der Waals surface area contributed by atoms with Crippen LogP contribution in [0, 0.1) is 30.3 Å². The summed E-state index contributed by atoms with van der Waals surface area (Å²) in [6, 6.07) is 8.95. The van der Waals surface area contributed by atoms with Crippen LogP contribution in [-0.2, 0) is 6.54 Å². The Morgan fingerprint density at radius 2 is 1.35 bits per heavy atom. The maximum Gasteiger partial charge on any atom is 0.222 e. The van der Waals surface area contributed by atoms with Gasteiger partial charge in [-0.25, -0.2) is 30.3 Å². The SMILES string of the molecule is O=[N+]([O-])N(CCCCCN([N+](=O)[O-])[N+](=O)[O-])Cc1ccccc1. The Balaban J connectivity index is 2.35. The number of hydrogen-bond acceptors (Lipinski definition) is 6. The van der Waals surface area contributed by atoms with E-state index in [1.165, 1.54) is 0 Å². The van der Waals surface area contributed by atoms with Crippen molar-refractivity contribution in [3.63, 3.8) is 0 Å². The van der Waals surface area contributed by atoms with E-state index in [1.54, 1.807) is 24.3 Å². The lowest BCUT2D eigenvalue weighted by Crippen LogP contribution is -2.36. The Hall–Kier alpha value is -2.98. The number of nitro groups is 3. The van der Waals surface area contributed by atoms with Gasteiger partial charge in [-0.3, -0.25) is 0 Å². The van der Waals surface area contributed by atoms with Gasteiger partial charge in [0.1, 0.15) is 13.1 Å². The summed E-state index contributed by atoms with van der Waals surface area (Å²) in [5.74, 6) is 0. The van der Waals surface area contributed by atoms with Crippen LogP contribution in [0.4, 0.5) is 0 Å². The lowest BCUT2D eigenvalue weighted by molar-refractivity contribution is -0.907. The fraction of sp³-hybridized carbons (Fsp3) is 0.500. The molecule has 0 heterocycles. The van der Waals surface area contributed by atoms with Crippen molar-refractivity contribution in [3.05, 3.63) is 66.2 Å². The zero-order valence-electron chi connectivity index (χ0n) is 12.3.